The molecule has 0 aliphatic heterocycles. The van der Waals surface area contributed by atoms with Crippen LogP contribution in [0.15, 0.2) is 24.3 Å². The van der Waals surface area contributed by atoms with Gasteiger partial charge in [0, 0.05) is 0 Å². The lowest BCUT2D eigenvalue weighted by Crippen LogP contribution is -2.18. The maximum atomic E-state index is 12.5. The molecule has 0 saturated carbocycles. The Balaban J connectivity index is 0.00000144. The van der Waals surface area contributed by atoms with Gasteiger partial charge in [0.05, 0.1) is 6.04 Å². The Morgan fingerprint density at radius 2 is 1.85 bits per heavy atom. The standard InChI is InChI=1S/C8H8F3N.ClH/c9-6-3-1-2-5(4-6)7(12)8(10)11;/h1-4,7-8H,12H2;1H. The molecule has 0 aromatic heterocycles. The van der Waals surface area contributed by atoms with E-state index >= 15 is 0 Å². The first kappa shape index (κ1) is 12.3. The van der Waals surface area contributed by atoms with Gasteiger partial charge < -0.3 is 5.73 Å². The molecule has 0 radical (unpaired) electrons. The van der Waals surface area contributed by atoms with Crippen molar-refractivity contribution >= 4 is 12.4 Å². The number of nitrogens with two attached hydrogens (primary N) is 1. The Kier molecular flexibility index (Phi) is 4.80. The molecule has 1 aromatic carbocycles. The fourth-order valence-electron chi connectivity index (χ4n) is 0.859. The van der Waals surface area contributed by atoms with Crippen LogP contribution in [0.5, 0.6) is 0 Å². The van der Waals surface area contributed by atoms with Gasteiger partial charge in [0.1, 0.15) is 5.82 Å². The highest BCUT2D eigenvalue weighted by Gasteiger charge is 2.17. The Morgan fingerprint density at radius 3 is 2.31 bits per heavy atom. The van der Waals surface area contributed by atoms with Gasteiger partial charge in [0.25, 0.3) is 6.43 Å². The van der Waals surface area contributed by atoms with E-state index in [4.69, 9.17) is 5.73 Å². The smallest absolute Gasteiger partial charge is 0.257 e. The van der Waals surface area contributed by atoms with Crippen molar-refractivity contribution in [2.75, 3.05) is 0 Å². The normalized spacial score (nSPS) is 12.4. The van der Waals surface area contributed by atoms with Gasteiger partial charge >= 0.3 is 0 Å². The average molecular weight is 212 g/mol. The lowest BCUT2D eigenvalue weighted by Gasteiger charge is -2.09. The first-order valence-electron chi connectivity index (χ1n) is 3.40. The second kappa shape index (κ2) is 5.09. The summed E-state index contributed by atoms with van der Waals surface area (Å²) < 4.78 is 36.5. The third-order valence-corrected chi connectivity index (χ3v) is 1.51. The average Bonchev–Trinajstić information content (AvgIpc) is 2.03. The minimum atomic E-state index is -2.66. The molecular weight excluding hydrogens is 203 g/mol. The molecule has 0 saturated heterocycles. The molecule has 1 atom stereocenters. The minimum absolute atomic E-state index is 0. The molecule has 0 fully saturated rings. The molecule has 1 nitrogen and oxygen atoms in total. The van der Waals surface area contributed by atoms with Crippen LogP contribution >= 0.6 is 12.4 Å². The monoisotopic (exact) mass is 211 g/mol. The van der Waals surface area contributed by atoms with Crippen LogP contribution in [-0.2, 0) is 0 Å². The number of halogens is 4. The number of alkyl halides is 2. The Bertz CT molecular complexity index is 267. The third-order valence-electron chi connectivity index (χ3n) is 1.51. The molecule has 5 heteroatoms. The van der Waals surface area contributed by atoms with Gasteiger partial charge in [-0.3, -0.25) is 0 Å². The van der Waals surface area contributed by atoms with Gasteiger partial charge in [-0.05, 0) is 17.7 Å². The second-order valence-corrected chi connectivity index (χ2v) is 2.42. The van der Waals surface area contributed by atoms with Crippen LogP contribution < -0.4 is 5.73 Å². The molecule has 1 aromatic rings. The zero-order valence-electron chi connectivity index (χ0n) is 6.58. The second-order valence-electron chi connectivity index (χ2n) is 2.42. The van der Waals surface area contributed by atoms with E-state index in [-0.39, 0.29) is 18.0 Å². The van der Waals surface area contributed by atoms with Gasteiger partial charge in [-0.25, -0.2) is 13.2 Å². The molecule has 74 valence electrons. The number of hydrogen-bond acceptors (Lipinski definition) is 1. The van der Waals surface area contributed by atoms with E-state index in [0.29, 0.717) is 0 Å². The highest BCUT2D eigenvalue weighted by atomic mass is 35.5. The van der Waals surface area contributed by atoms with Crippen molar-refractivity contribution in [3.05, 3.63) is 35.6 Å². The van der Waals surface area contributed by atoms with Crippen LogP contribution in [-0.4, -0.2) is 6.43 Å². The van der Waals surface area contributed by atoms with E-state index in [1.165, 1.54) is 18.2 Å². The van der Waals surface area contributed by atoms with Crippen LogP contribution in [0.25, 0.3) is 0 Å². The predicted molar refractivity (Wildman–Crippen MR) is 46.6 cm³/mol. The molecular formula is C8H9ClF3N. The van der Waals surface area contributed by atoms with Crippen LogP contribution in [0.2, 0.25) is 0 Å². The number of rotatable bonds is 2. The molecule has 1 rings (SSSR count). The van der Waals surface area contributed by atoms with E-state index in [1.54, 1.807) is 0 Å². The Labute approximate surface area is 80.2 Å². The lowest BCUT2D eigenvalue weighted by atomic mass is 10.1. The first-order valence-corrected chi connectivity index (χ1v) is 3.40. The molecule has 1 unspecified atom stereocenters. The topological polar surface area (TPSA) is 26.0 Å². The van der Waals surface area contributed by atoms with Crippen LogP contribution in [0, 0.1) is 5.82 Å². The van der Waals surface area contributed by atoms with Crippen LogP contribution in [0.3, 0.4) is 0 Å². The first-order chi connectivity index (χ1) is 5.61. The molecule has 0 heterocycles. The molecule has 0 aliphatic carbocycles. The van der Waals surface area contributed by atoms with Gasteiger partial charge in [0.2, 0.25) is 0 Å². The van der Waals surface area contributed by atoms with Crippen molar-refractivity contribution in [2.24, 2.45) is 5.73 Å². The van der Waals surface area contributed by atoms with E-state index in [1.807, 2.05) is 0 Å². The summed E-state index contributed by atoms with van der Waals surface area (Å²) in [4.78, 5) is 0. The highest BCUT2D eigenvalue weighted by molar-refractivity contribution is 5.85. The van der Waals surface area contributed by atoms with Gasteiger partial charge in [-0.2, -0.15) is 0 Å². The zero-order valence-corrected chi connectivity index (χ0v) is 7.40. The number of hydrogen-bond donors (Lipinski definition) is 1. The summed E-state index contributed by atoms with van der Waals surface area (Å²) in [5.41, 5.74) is 5.21. The maximum Gasteiger partial charge on any atom is 0.257 e. The van der Waals surface area contributed by atoms with Crippen LogP contribution in [0.4, 0.5) is 13.2 Å². The van der Waals surface area contributed by atoms with E-state index in [0.717, 1.165) is 6.07 Å². The number of benzene rings is 1. The van der Waals surface area contributed by atoms with Crippen molar-refractivity contribution in [3.63, 3.8) is 0 Å². The van der Waals surface area contributed by atoms with Crippen molar-refractivity contribution < 1.29 is 13.2 Å². The van der Waals surface area contributed by atoms with Gasteiger partial charge in [-0.1, -0.05) is 12.1 Å². The summed E-state index contributed by atoms with van der Waals surface area (Å²) in [6, 6.07) is 3.52. The summed E-state index contributed by atoms with van der Waals surface area (Å²) in [5.74, 6) is -0.552. The Hall–Kier alpha value is -0.740. The summed E-state index contributed by atoms with van der Waals surface area (Å²) in [5, 5.41) is 0. The third kappa shape index (κ3) is 3.24. The molecule has 0 aliphatic rings. The maximum absolute atomic E-state index is 12.5. The zero-order chi connectivity index (χ0) is 9.14. The van der Waals surface area contributed by atoms with Crippen molar-refractivity contribution in [3.8, 4) is 0 Å². The summed E-state index contributed by atoms with van der Waals surface area (Å²) in [6.07, 6.45) is -2.66. The summed E-state index contributed by atoms with van der Waals surface area (Å²) in [7, 11) is 0. The molecule has 0 bridgehead atoms. The molecule has 0 amide bonds. The van der Waals surface area contributed by atoms with Crippen LogP contribution in [0.1, 0.15) is 11.6 Å². The lowest BCUT2D eigenvalue weighted by molar-refractivity contribution is 0.116. The Morgan fingerprint density at radius 1 is 1.23 bits per heavy atom. The summed E-state index contributed by atoms with van der Waals surface area (Å²) in [6.45, 7) is 0. The van der Waals surface area contributed by atoms with Crippen molar-refractivity contribution in [1.29, 1.82) is 0 Å². The minimum Gasteiger partial charge on any atom is -0.319 e. The molecule has 13 heavy (non-hydrogen) atoms. The van der Waals surface area contributed by atoms with Crippen molar-refractivity contribution in [2.45, 2.75) is 12.5 Å². The predicted octanol–water partition coefficient (Wildman–Crippen LogP) is 2.51. The fraction of sp³-hybridized carbons (Fsp3) is 0.250. The van der Waals surface area contributed by atoms with Crippen molar-refractivity contribution in [1.82, 2.24) is 0 Å². The fourth-order valence-corrected chi connectivity index (χ4v) is 0.859. The highest BCUT2D eigenvalue weighted by Crippen LogP contribution is 2.17. The van der Waals surface area contributed by atoms with Gasteiger partial charge in [-0.15, -0.1) is 12.4 Å². The van der Waals surface area contributed by atoms with E-state index < -0.39 is 18.3 Å². The molecule has 2 N–H and O–H groups in total. The molecule has 0 spiro atoms. The largest absolute Gasteiger partial charge is 0.319 e. The summed E-state index contributed by atoms with van der Waals surface area (Å²) >= 11 is 0. The van der Waals surface area contributed by atoms with E-state index in [9.17, 15) is 13.2 Å². The SMILES string of the molecule is Cl.NC(c1cccc(F)c1)C(F)F. The van der Waals surface area contributed by atoms with Gasteiger partial charge in [0.15, 0.2) is 0 Å². The quantitative estimate of drug-likeness (QED) is 0.799. The van der Waals surface area contributed by atoms with E-state index in [2.05, 4.69) is 0 Å².